The molecule has 0 radical (unpaired) electrons. The first-order valence-electron chi connectivity index (χ1n) is 13.8. The molecule has 1 aromatic heterocycles. The van der Waals surface area contributed by atoms with Crippen molar-refractivity contribution in [3.05, 3.63) is 63.9 Å². The summed E-state index contributed by atoms with van der Waals surface area (Å²) in [6, 6.07) is 6.23. The number of carboxylic acid groups (broad SMARTS) is 1. The van der Waals surface area contributed by atoms with Crippen LogP contribution >= 0.6 is 0 Å². The summed E-state index contributed by atoms with van der Waals surface area (Å²) in [5.41, 5.74) is 5.78. The molecule has 2 heterocycles. The zero-order valence-corrected chi connectivity index (χ0v) is 23.3. The number of aliphatic carboxylic acids is 1. The van der Waals surface area contributed by atoms with E-state index >= 15 is 0 Å². The summed E-state index contributed by atoms with van der Waals surface area (Å²) < 4.78 is 35.2. The van der Waals surface area contributed by atoms with Crippen LogP contribution in [-0.4, -0.2) is 42.3 Å². The number of fused-ring (bicyclic) bond motifs is 6. The van der Waals surface area contributed by atoms with Crippen LogP contribution in [-0.2, 0) is 26.2 Å². The van der Waals surface area contributed by atoms with E-state index in [1.54, 1.807) is 7.11 Å². The number of aromatic nitrogens is 1. The van der Waals surface area contributed by atoms with E-state index in [1.807, 2.05) is 18.2 Å². The Bertz CT molecular complexity index is 1600. The standard InChI is InChI=1S/C30H34N2O6S/c1-16(2)39(36,37)31-29(33)27-22-15-32-23(25-19(26(22)27)10-7-11-20(25)30(34)35)14-21-24(38-3)13-12-18(28(21)32)17-8-5-4-6-9-17/h7,10,12-14,16-17,20,25H,4-6,8-9,11,15H2,1-3H3,(H,31,33)(H,34,35)/t20-,25?/m1/s1. The number of methoxy groups -OCH3 is 1. The van der Waals surface area contributed by atoms with Crippen molar-refractivity contribution in [2.24, 2.45) is 5.92 Å². The SMILES string of the molecule is COc1ccc(C2CCCCC2)c2c1cc1n2CC2=C(C(=O)NS(=O)(=O)C(C)C)C2=C2C=CC[C@@H](C(=O)O)C21. The molecule has 1 unspecified atom stereocenters. The second kappa shape index (κ2) is 9.40. The maximum Gasteiger partial charge on any atom is 0.307 e. The predicted octanol–water partition coefficient (Wildman–Crippen LogP) is 4.92. The van der Waals surface area contributed by atoms with Gasteiger partial charge in [-0.3, -0.25) is 9.59 Å². The van der Waals surface area contributed by atoms with Crippen LogP contribution in [0.2, 0.25) is 0 Å². The van der Waals surface area contributed by atoms with Crippen molar-refractivity contribution in [1.29, 1.82) is 0 Å². The number of nitrogens with zero attached hydrogens (tertiary/aromatic N) is 1. The molecule has 8 nitrogen and oxygen atoms in total. The number of ether oxygens (including phenoxy) is 1. The molecule has 1 fully saturated rings. The zero-order valence-electron chi connectivity index (χ0n) is 22.5. The molecule has 4 aliphatic rings. The van der Waals surface area contributed by atoms with Crippen LogP contribution in [0.25, 0.3) is 10.9 Å². The summed E-state index contributed by atoms with van der Waals surface area (Å²) in [7, 11) is -2.17. The highest BCUT2D eigenvalue weighted by Gasteiger charge is 2.47. The van der Waals surface area contributed by atoms with Crippen molar-refractivity contribution < 1.29 is 27.9 Å². The predicted molar refractivity (Wildman–Crippen MR) is 148 cm³/mol. The van der Waals surface area contributed by atoms with Crippen molar-refractivity contribution in [2.75, 3.05) is 7.11 Å². The van der Waals surface area contributed by atoms with Gasteiger partial charge in [0.05, 0.1) is 29.4 Å². The van der Waals surface area contributed by atoms with Crippen molar-refractivity contribution in [2.45, 2.75) is 76.0 Å². The minimum Gasteiger partial charge on any atom is -0.496 e. The van der Waals surface area contributed by atoms with Crippen LogP contribution in [0.5, 0.6) is 5.75 Å². The smallest absolute Gasteiger partial charge is 0.307 e. The van der Waals surface area contributed by atoms with Crippen LogP contribution in [0.4, 0.5) is 0 Å². The van der Waals surface area contributed by atoms with Gasteiger partial charge in [-0.2, -0.15) is 0 Å². The van der Waals surface area contributed by atoms with Gasteiger partial charge in [-0.05, 0) is 73.4 Å². The van der Waals surface area contributed by atoms with Gasteiger partial charge in [-0.1, -0.05) is 37.5 Å². The van der Waals surface area contributed by atoms with Crippen LogP contribution in [0.15, 0.2) is 52.6 Å². The number of sulfonamides is 1. The number of allylic oxidation sites excluding steroid dienone is 4. The molecule has 2 N–H and O–H groups in total. The van der Waals surface area contributed by atoms with Crippen molar-refractivity contribution in [3.63, 3.8) is 0 Å². The maximum absolute atomic E-state index is 13.3. The Labute approximate surface area is 228 Å². The van der Waals surface area contributed by atoms with Gasteiger partial charge in [0, 0.05) is 23.5 Å². The van der Waals surface area contributed by atoms with E-state index in [9.17, 15) is 23.1 Å². The fourth-order valence-corrected chi connectivity index (χ4v) is 7.40. The number of nitrogens with one attached hydrogen (secondary N) is 1. The minimum atomic E-state index is -3.81. The van der Waals surface area contributed by atoms with Crippen molar-refractivity contribution in [3.8, 4) is 5.75 Å². The van der Waals surface area contributed by atoms with Gasteiger partial charge in [-0.15, -0.1) is 0 Å². The number of hydrogen-bond donors (Lipinski definition) is 2. The second-order valence-corrected chi connectivity index (χ2v) is 13.6. The molecule has 0 bridgehead atoms. The molecule has 1 amide bonds. The number of carbonyl (C=O) groups is 2. The van der Waals surface area contributed by atoms with Gasteiger partial charge >= 0.3 is 5.97 Å². The summed E-state index contributed by atoms with van der Waals surface area (Å²) in [4.78, 5) is 25.8. The summed E-state index contributed by atoms with van der Waals surface area (Å²) in [6.07, 6.45) is 9.94. The molecule has 1 aliphatic heterocycles. The van der Waals surface area contributed by atoms with Crippen LogP contribution in [0.1, 0.15) is 75.5 Å². The third-order valence-corrected chi connectivity index (χ3v) is 10.6. The third kappa shape index (κ3) is 4.13. The number of rotatable bonds is 6. The Kier molecular flexibility index (Phi) is 6.25. The lowest BCUT2D eigenvalue weighted by atomic mass is 9.76. The average molecular weight is 551 g/mol. The molecular formula is C30H34N2O6S. The number of carbonyl (C=O) groups excluding carboxylic acids is 1. The molecule has 3 aliphatic carbocycles. The van der Waals surface area contributed by atoms with Gasteiger partial charge in [0.2, 0.25) is 10.0 Å². The fraction of sp³-hybridized carbons (Fsp3) is 0.467. The fourth-order valence-electron chi connectivity index (χ4n) is 6.81. The second-order valence-electron chi connectivity index (χ2n) is 11.4. The molecule has 39 heavy (non-hydrogen) atoms. The quantitative estimate of drug-likeness (QED) is 0.528. The highest BCUT2D eigenvalue weighted by atomic mass is 32.2. The highest BCUT2D eigenvalue weighted by molar-refractivity contribution is 7.90. The Morgan fingerprint density at radius 3 is 2.56 bits per heavy atom. The number of hydrogen-bond acceptors (Lipinski definition) is 5. The largest absolute Gasteiger partial charge is 0.496 e. The highest BCUT2D eigenvalue weighted by Crippen LogP contribution is 2.55. The third-order valence-electron chi connectivity index (χ3n) is 8.89. The molecule has 1 aromatic carbocycles. The van der Waals surface area contributed by atoms with Crippen molar-refractivity contribution in [1.82, 2.24) is 9.29 Å². The molecule has 9 heteroatoms. The van der Waals surface area contributed by atoms with Gasteiger partial charge < -0.3 is 14.4 Å². The van der Waals surface area contributed by atoms with Gasteiger partial charge in [-0.25, -0.2) is 13.1 Å². The monoisotopic (exact) mass is 550 g/mol. The molecule has 0 spiro atoms. The summed E-state index contributed by atoms with van der Waals surface area (Å²) in [6.45, 7) is 3.43. The Morgan fingerprint density at radius 2 is 1.90 bits per heavy atom. The number of carboxylic acids is 1. The number of benzene rings is 1. The minimum absolute atomic E-state index is 0.365. The van der Waals surface area contributed by atoms with E-state index in [1.165, 1.54) is 38.7 Å². The van der Waals surface area contributed by atoms with E-state index < -0.39 is 39.0 Å². The lowest BCUT2D eigenvalue weighted by Gasteiger charge is -2.29. The first kappa shape index (κ1) is 25.9. The van der Waals surface area contributed by atoms with Crippen molar-refractivity contribution >= 4 is 32.8 Å². The van der Waals surface area contributed by atoms with Crippen LogP contribution < -0.4 is 9.46 Å². The van der Waals surface area contributed by atoms with Gasteiger partial charge in [0.1, 0.15) is 5.75 Å². The lowest BCUT2D eigenvalue weighted by Crippen LogP contribution is -2.35. The maximum atomic E-state index is 13.3. The zero-order chi connectivity index (χ0) is 27.6. The molecule has 1 saturated carbocycles. The van der Waals surface area contributed by atoms with Crippen LogP contribution in [0.3, 0.4) is 0 Å². The number of amides is 1. The van der Waals surface area contributed by atoms with E-state index in [-0.39, 0.29) is 0 Å². The average Bonchev–Trinajstić information content (AvgIpc) is 3.54. The topological polar surface area (TPSA) is 115 Å². The van der Waals surface area contributed by atoms with E-state index in [2.05, 4.69) is 21.4 Å². The Morgan fingerprint density at radius 1 is 1.15 bits per heavy atom. The molecular weight excluding hydrogens is 516 g/mol. The van der Waals surface area contributed by atoms with E-state index in [0.29, 0.717) is 30.0 Å². The summed E-state index contributed by atoms with van der Waals surface area (Å²) >= 11 is 0. The molecule has 6 rings (SSSR count). The first-order chi connectivity index (χ1) is 18.6. The van der Waals surface area contributed by atoms with Gasteiger partial charge in [0.15, 0.2) is 0 Å². The molecule has 0 saturated heterocycles. The van der Waals surface area contributed by atoms with E-state index in [4.69, 9.17) is 4.74 Å². The van der Waals surface area contributed by atoms with Crippen LogP contribution in [0, 0.1) is 5.92 Å². The lowest BCUT2D eigenvalue weighted by molar-refractivity contribution is -0.142. The first-order valence-corrected chi connectivity index (χ1v) is 15.3. The molecule has 206 valence electrons. The summed E-state index contributed by atoms with van der Waals surface area (Å²) in [5.74, 6) is -1.57. The molecule has 2 atom stereocenters. The van der Waals surface area contributed by atoms with Gasteiger partial charge in [0.25, 0.3) is 5.91 Å². The Balaban J connectivity index is 1.57. The molecule has 2 aromatic rings. The summed E-state index contributed by atoms with van der Waals surface area (Å²) in [5, 5.41) is 10.5. The normalized spacial score (nSPS) is 22.9. The van der Waals surface area contributed by atoms with E-state index in [0.717, 1.165) is 46.3 Å². The Hall–Kier alpha value is -3.33.